The second-order valence-electron chi connectivity index (χ2n) is 7.00. The smallest absolute Gasteiger partial charge is 0.257 e. The van der Waals surface area contributed by atoms with E-state index in [0.29, 0.717) is 11.6 Å². The Morgan fingerprint density at radius 1 is 1.15 bits per heavy atom. The summed E-state index contributed by atoms with van der Waals surface area (Å²) in [5.74, 6) is -0.0607. The predicted molar refractivity (Wildman–Crippen MR) is 108 cm³/mol. The Kier molecular flexibility index (Phi) is 4.65. The lowest BCUT2D eigenvalue weighted by Crippen LogP contribution is -2.39. The van der Waals surface area contributed by atoms with Crippen molar-refractivity contribution in [3.63, 3.8) is 0 Å². The molecular formula is C22H25N3O. The van der Waals surface area contributed by atoms with Crippen LogP contribution < -0.4 is 15.5 Å². The molecule has 1 saturated heterocycles. The van der Waals surface area contributed by atoms with Crippen molar-refractivity contribution in [3.05, 3.63) is 60.3 Å². The van der Waals surface area contributed by atoms with Gasteiger partial charge in [0.15, 0.2) is 0 Å². The number of amides is 1. The van der Waals surface area contributed by atoms with E-state index >= 15 is 0 Å². The number of benzene rings is 2. The van der Waals surface area contributed by atoms with Crippen molar-refractivity contribution in [2.24, 2.45) is 0 Å². The minimum atomic E-state index is -0.0607. The molecule has 4 nitrogen and oxygen atoms in total. The first-order valence-electron chi connectivity index (χ1n) is 9.50. The molecule has 4 heteroatoms. The molecule has 0 radical (unpaired) electrons. The van der Waals surface area contributed by atoms with Crippen LogP contribution in [-0.4, -0.2) is 18.5 Å². The van der Waals surface area contributed by atoms with Gasteiger partial charge in [0.25, 0.3) is 5.91 Å². The first-order chi connectivity index (χ1) is 12.8. The summed E-state index contributed by atoms with van der Waals surface area (Å²) in [6.45, 7) is 3.42. The molecule has 0 bridgehead atoms. The summed E-state index contributed by atoms with van der Waals surface area (Å²) < 4.78 is 0. The maximum Gasteiger partial charge on any atom is 0.257 e. The lowest BCUT2D eigenvalue weighted by atomic mass is 9.99. The van der Waals surface area contributed by atoms with Crippen LogP contribution in [0, 0.1) is 0 Å². The quantitative estimate of drug-likeness (QED) is 0.776. The molecule has 2 aliphatic rings. The summed E-state index contributed by atoms with van der Waals surface area (Å²) in [7, 11) is 0. The Balaban J connectivity index is 1.49. The number of carbonyl (C=O) groups excluding carboxylic acids is 1. The lowest BCUT2D eigenvalue weighted by molar-refractivity contribution is -0.110. The number of piperidine rings is 1. The van der Waals surface area contributed by atoms with Crippen molar-refractivity contribution in [1.29, 1.82) is 0 Å². The Bertz CT molecular complexity index is 826. The number of carbonyl (C=O) groups is 1. The van der Waals surface area contributed by atoms with Gasteiger partial charge in [-0.15, -0.1) is 0 Å². The third-order valence-corrected chi connectivity index (χ3v) is 5.39. The van der Waals surface area contributed by atoms with E-state index in [-0.39, 0.29) is 5.91 Å². The van der Waals surface area contributed by atoms with E-state index in [4.69, 9.17) is 0 Å². The molecule has 2 aromatic rings. The summed E-state index contributed by atoms with van der Waals surface area (Å²) in [4.78, 5) is 14.7. The molecule has 2 aromatic carbocycles. The fourth-order valence-electron chi connectivity index (χ4n) is 3.95. The van der Waals surface area contributed by atoms with Gasteiger partial charge in [0.1, 0.15) is 0 Å². The van der Waals surface area contributed by atoms with Gasteiger partial charge in [0.2, 0.25) is 0 Å². The van der Waals surface area contributed by atoms with Gasteiger partial charge >= 0.3 is 0 Å². The van der Waals surface area contributed by atoms with Gasteiger partial charge < -0.3 is 15.5 Å². The van der Waals surface area contributed by atoms with Crippen molar-refractivity contribution >= 4 is 28.5 Å². The SMILES string of the molecule is CCC1CCCCN1c1ccc(NC=C2C(=O)Nc3ccccc32)cc1. The topological polar surface area (TPSA) is 44.4 Å². The van der Waals surface area contributed by atoms with Crippen LogP contribution in [0.15, 0.2) is 54.7 Å². The standard InChI is InChI=1S/C22H25N3O/c1-2-17-7-5-6-14-25(17)18-12-10-16(11-13-18)23-15-20-19-8-3-4-9-21(19)24-22(20)26/h3-4,8-13,15,17,23H,2,5-7,14H2,1H3,(H,24,26). The second-order valence-corrected chi connectivity index (χ2v) is 7.00. The van der Waals surface area contributed by atoms with Crippen LogP contribution in [0.3, 0.4) is 0 Å². The molecule has 2 aliphatic heterocycles. The number of anilines is 3. The summed E-state index contributed by atoms with van der Waals surface area (Å²) in [5.41, 5.74) is 4.77. The average Bonchev–Trinajstić information content (AvgIpc) is 3.02. The number of nitrogens with zero attached hydrogens (tertiary/aromatic N) is 1. The zero-order chi connectivity index (χ0) is 17.9. The molecule has 0 saturated carbocycles. The number of nitrogens with one attached hydrogen (secondary N) is 2. The number of hydrogen-bond donors (Lipinski definition) is 2. The molecule has 0 spiro atoms. The average molecular weight is 347 g/mol. The molecule has 1 fully saturated rings. The summed E-state index contributed by atoms with van der Waals surface area (Å²) in [5, 5.41) is 6.17. The molecular weight excluding hydrogens is 322 g/mol. The van der Waals surface area contributed by atoms with E-state index in [1.165, 1.54) is 31.4 Å². The molecule has 0 aromatic heterocycles. The van der Waals surface area contributed by atoms with Gasteiger partial charge in [-0.05, 0) is 56.0 Å². The van der Waals surface area contributed by atoms with E-state index < -0.39 is 0 Å². The van der Waals surface area contributed by atoms with Gasteiger partial charge in [0.05, 0.1) is 5.57 Å². The van der Waals surface area contributed by atoms with Crippen molar-refractivity contribution in [2.45, 2.75) is 38.6 Å². The number of rotatable bonds is 4. The lowest BCUT2D eigenvalue weighted by Gasteiger charge is -2.37. The fourth-order valence-corrected chi connectivity index (χ4v) is 3.95. The Hall–Kier alpha value is -2.75. The second kappa shape index (κ2) is 7.24. The monoisotopic (exact) mass is 347 g/mol. The van der Waals surface area contributed by atoms with Crippen LogP contribution >= 0.6 is 0 Å². The molecule has 1 amide bonds. The molecule has 2 heterocycles. The zero-order valence-electron chi connectivity index (χ0n) is 15.2. The minimum Gasteiger partial charge on any atom is -0.369 e. The van der Waals surface area contributed by atoms with Crippen molar-refractivity contribution in [1.82, 2.24) is 0 Å². The van der Waals surface area contributed by atoms with Gasteiger partial charge in [-0.25, -0.2) is 0 Å². The third kappa shape index (κ3) is 3.19. The van der Waals surface area contributed by atoms with Crippen molar-refractivity contribution in [2.75, 3.05) is 22.1 Å². The highest BCUT2D eigenvalue weighted by atomic mass is 16.2. The van der Waals surface area contributed by atoms with Gasteiger partial charge in [-0.1, -0.05) is 25.1 Å². The van der Waals surface area contributed by atoms with Crippen LogP contribution in [0.5, 0.6) is 0 Å². The Morgan fingerprint density at radius 3 is 2.77 bits per heavy atom. The van der Waals surface area contributed by atoms with Crippen LogP contribution in [0.25, 0.3) is 5.57 Å². The summed E-state index contributed by atoms with van der Waals surface area (Å²) in [6, 6.07) is 17.0. The highest BCUT2D eigenvalue weighted by molar-refractivity contribution is 6.31. The normalized spacial score (nSPS) is 20.8. The Labute approximate surface area is 154 Å². The van der Waals surface area contributed by atoms with E-state index in [1.54, 1.807) is 6.20 Å². The molecule has 1 atom stereocenters. The predicted octanol–water partition coefficient (Wildman–Crippen LogP) is 4.86. The molecule has 4 rings (SSSR count). The van der Waals surface area contributed by atoms with Crippen molar-refractivity contribution in [3.8, 4) is 0 Å². The first-order valence-corrected chi connectivity index (χ1v) is 9.50. The largest absolute Gasteiger partial charge is 0.369 e. The van der Waals surface area contributed by atoms with Crippen molar-refractivity contribution < 1.29 is 4.79 Å². The van der Waals surface area contributed by atoms with Crippen LogP contribution in [-0.2, 0) is 4.79 Å². The van der Waals surface area contributed by atoms with E-state index in [2.05, 4.69) is 46.7 Å². The molecule has 1 unspecified atom stereocenters. The number of para-hydroxylation sites is 1. The van der Waals surface area contributed by atoms with E-state index in [1.807, 2.05) is 24.3 Å². The molecule has 26 heavy (non-hydrogen) atoms. The molecule has 2 N–H and O–H groups in total. The minimum absolute atomic E-state index is 0.0607. The first kappa shape index (κ1) is 16.7. The van der Waals surface area contributed by atoms with Crippen LogP contribution in [0.4, 0.5) is 17.1 Å². The fraction of sp³-hybridized carbons (Fsp3) is 0.318. The summed E-state index contributed by atoms with van der Waals surface area (Å²) in [6.07, 6.45) is 6.90. The van der Waals surface area contributed by atoms with Gasteiger partial charge in [-0.2, -0.15) is 0 Å². The highest BCUT2D eigenvalue weighted by Gasteiger charge is 2.23. The Morgan fingerprint density at radius 2 is 1.96 bits per heavy atom. The maximum absolute atomic E-state index is 12.2. The van der Waals surface area contributed by atoms with Crippen LogP contribution in [0.2, 0.25) is 0 Å². The van der Waals surface area contributed by atoms with Gasteiger partial charge in [-0.3, -0.25) is 4.79 Å². The van der Waals surface area contributed by atoms with E-state index in [9.17, 15) is 4.79 Å². The number of hydrogen-bond acceptors (Lipinski definition) is 3. The van der Waals surface area contributed by atoms with Gasteiger partial charge in [0, 0.05) is 41.4 Å². The third-order valence-electron chi connectivity index (χ3n) is 5.39. The molecule has 134 valence electrons. The highest BCUT2D eigenvalue weighted by Crippen LogP contribution is 2.31. The zero-order valence-corrected chi connectivity index (χ0v) is 15.2. The molecule has 0 aliphatic carbocycles. The number of fused-ring (bicyclic) bond motifs is 1. The maximum atomic E-state index is 12.2. The van der Waals surface area contributed by atoms with E-state index in [0.717, 1.165) is 23.5 Å². The summed E-state index contributed by atoms with van der Waals surface area (Å²) >= 11 is 0. The van der Waals surface area contributed by atoms with Crippen LogP contribution in [0.1, 0.15) is 38.2 Å².